The smallest absolute Gasteiger partial charge is 0 e. The van der Waals surface area contributed by atoms with E-state index in [4.69, 9.17) is 0 Å². The third-order valence-corrected chi connectivity index (χ3v) is 0. The Bertz CT molecular complexity index is 8.00. The molecule has 0 aliphatic heterocycles. The van der Waals surface area contributed by atoms with Crippen LogP contribution in [0.4, 0.5) is 0 Å². The SMILES string of the molecule is [AlH3].[Mo].[Nb].[Ti]. The van der Waals surface area contributed by atoms with Gasteiger partial charge in [-0.2, -0.15) is 0 Å². The van der Waals surface area contributed by atoms with Gasteiger partial charge in [0.15, 0.2) is 17.4 Å². The van der Waals surface area contributed by atoms with E-state index in [-0.39, 0.29) is 82.5 Å². The number of hydrogen-bond donors (Lipinski definition) is 0. The molecule has 0 spiro atoms. The summed E-state index contributed by atoms with van der Waals surface area (Å²) in [5.41, 5.74) is 0. The Morgan fingerprint density at radius 1 is 1.00 bits per heavy atom. The van der Waals surface area contributed by atoms with Gasteiger partial charge >= 0.3 is 0 Å². The van der Waals surface area contributed by atoms with Crippen LogP contribution >= 0.6 is 0 Å². The zero-order valence-electron chi connectivity index (χ0n) is 1.36. The topological polar surface area (TPSA) is 0 Å². The fourth-order valence-corrected chi connectivity index (χ4v) is 0. The average Bonchev–Trinajstić information content (AvgIpc) is 0. The maximum Gasteiger partial charge on any atom is 0.187 e. The fourth-order valence-electron chi connectivity index (χ4n) is 0. The van der Waals surface area contributed by atoms with Crippen LogP contribution in [0.15, 0.2) is 0 Å². The molecular formula is H3AlMoNbTi. The van der Waals surface area contributed by atoms with Crippen molar-refractivity contribution in [1.82, 2.24) is 0 Å². The van der Waals surface area contributed by atoms with Gasteiger partial charge in [-0.15, -0.1) is 0 Å². The normalized spacial score (nSPS) is 0. The average molecular weight is 267 g/mol. The maximum absolute atomic E-state index is 0. The van der Waals surface area contributed by atoms with Crippen molar-refractivity contribution in [2.45, 2.75) is 0 Å². The van der Waals surface area contributed by atoms with Crippen molar-refractivity contribution in [2.75, 3.05) is 0 Å². The molecule has 0 rings (SSSR count). The van der Waals surface area contributed by atoms with Gasteiger partial charge in [0.2, 0.25) is 0 Å². The van der Waals surface area contributed by atoms with E-state index < -0.39 is 0 Å². The van der Waals surface area contributed by atoms with E-state index in [0.29, 0.717) is 0 Å². The maximum atomic E-state index is 0. The van der Waals surface area contributed by atoms with Gasteiger partial charge in [0.05, 0.1) is 0 Å². The predicted octanol–water partition coefficient (Wildman–Crippen LogP) is -1.19. The third kappa shape index (κ3) is 8.82. The first-order valence-electron chi connectivity index (χ1n) is 0. The molecule has 0 aromatic carbocycles. The van der Waals surface area contributed by atoms with Gasteiger partial charge < -0.3 is 0 Å². The second-order valence-corrected chi connectivity index (χ2v) is 0. The molecule has 0 fully saturated rings. The van der Waals surface area contributed by atoms with Crippen LogP contribution in [0, 0.1) is 0 Å². The molecule has 0 bridgehead atoms. The molecular weight excluding hydrogens is 264 g/mol. The minimum atomic E-state index is 0. The molecule has 0 heterocycles. The summed E-state index contributed by atoms with van der Waals surface area (Å²) in [6.45, 7) is 0. The first-order valence-corrected chi connectivity index (χ1v) is 0. The van der Waals surface area contributed by atoms with E-state index in [1.54, 1.807) is 0 Å². The quantitative estimate of drug-likeness (QED) is 0.484. The largest absolute Gasteiger partial charge is 0.187 e. The van der Waals surface area contributed by atoms with Crippen molar-refractivity contribution < 1.29 is 65.2 Å². The summed E-state index contributed by atoms with van der Waals surface area (Å²) in [6.07, 6.45) is 0. The zero-order valence-corrected chi connectivity index (χ0v) is 7.12. The van der Waals surface area contributed by atoms with Crippen LogP contribution < -0.4 is 0 Å². The van der Waals surface area contributed by atoms with Gasteiger partial charge in [0.1, 0.15) is 0 Å². The molecule has 0 saturated heterocycles. The van der Waals surface area contributed by atoms with E-state index in [1.165, 1.54) is 0 Å². The first kappa shape index (κ1) is 30.0. The standard InChI is InChI=1S/Al.Mo.Nb.Ti.3H. The van der Waals surface area contributed by atoms with E-state index in [9.17, 15) is 0 Å². The van der Waals surface area contributed by atoms with Crippen molar-refractivity contribution in [3.05, 3.63) is 0 Å². The number of rotatable bonds is 0. The Hall–Kier alpha value is 2.68. The minimum absolute atomic E-state index is 0. The molecule has 0 atom stereocenters. The Morgan fingerprint density at radius 3 is 1.00 bits per heavy atom. The van der Waals surface area contributed by atoms with Crippen molar-refractivity contribution in [1.29, 1.82) is 0 Å². The molecule has 0 N–H and O–H groups in total. The molecule has 0 aliphatic carbocycles. The van der Waals surface area contributed by atoms with Crippen LogP contribution in [0.5, 0.6) is 0 Å². The summed E-state index contributed by atoms with van der Waals surface area (Å²) in [5.74, 6) is 0. The molecule has 0 aromatic heterocycles. The summed E-state index contributed by atoms with van der Waals surface area (Å²) >= 11 is 0. The van der Waals surface area contributed by atoms with Gasteiger partial charge in [-0.05, 0) is 0 Å². The van der Waals surface area contributed by atoms with Crippen LogP contribution in [0.2, 0.25) is 0 Å². The van der Waals surface area contributed by atoms with E-state index in [1.807, 2.05) is 0 Å². The molecule has 0 unspecified atom stereocenters. The van der Waals surface area contributed by atoms with E-state index in [0.717, 1.165) is 0 Å². The Morgan fingerprint density at radius 2 is 1.00 bits per heavy atom. The Kier molecular flexibility index (Phi) is 130. The third-order valence-electron chi connectivity index (χ3n) is 0. The second-order valence-electron chi connectivity index (χ2n) is 0. The van der Waals surface area contributed by atoms with Crippen LogP contribution in [0.3, 0.4) is 0 Å². The van der Waals surface area contributed by atoms with Crippen molar-refractivity contribution in [3.63, 3.8) is 0 Å². The fraction of sp³-hybridized carbons (Fsp3) is 0. The van der Waals surface area contributed by atoms with Crippen molar-refractivity contribution >= 4 is 17.4 Å². The second kappa shape index (κ2) is 17.3. The minimum Gasteiger partial charge on any atom is 0 e. The van der Waals surface area contributed by atoms with Crippen LogP contribution in [0.1, 0.15) is 0 Å². The molecule has 1 radical (unpaired) electrons. The zero-order chi connectivity index (χ0) is 0. The van der Waals surface area contributed by atoms with E-state index >= 15 is 0 Å². The molecule has 0 saturated carbocycles. The van der Waals surface area contributed by atoms with Crippen molar-refractivity contribution in [2.24, 2.45) is 0 Å². The summed E-state index contributed by atoms with van der Waals surface area (Å²) < 4.78 is 0. The van der Waals surface area contributed by atoms with Gasteiger partial charge in [-0.3, -0.25) is 0 Å². The van der Waals surface area contributed by atoms with Gasteiger partial charge in [0, 0.05) is 65.2 Å². The van der Waals surface area contributed by atoms with E-state index in [2.05, 4.69) is 0 Å². The summed E-state index contributed by atoms with van der Waals surface area (Å²) in [7, 11) is 0. The van der Waals surface area contributed by atoms with Gasteiger partial charge in [-0.1, -0.05) is 0 Å². The predicted molar refractivity (Wildman–Crippen MR) is 9.94 cm³/mol. The summed E-state index contributed by atoms with van der Waals surface area (Å²) in [5, 5.41) is 0. The molecule has 0 aromatic rings. The summed E-state index contributed by atoms with van der Waals surface area (Å²) in [6, 6.07) is 0. The molecule has 0 nitrogen and oxygen atoms in total. The summed E-state index contributed by atoms with van der Waals surface area (Å²) in [4.78, 5) is 0. The molecule has 4 heavy (non-hydrogen) atoms. The van der Waals surface area contributed by atoms with Crippen molar-refractivity contribution in [3.8, 4) is 0 Å². The molecule has 0 aliphatic rings. The number of hydrogen-bond acceptors (Lipinski definition) is 0. The first-order chi connectivity index (χ1) is 0. The van der Waals surface area contributed by atoms with Crippen LogP contribution in [-0.4, -0.2) is 17.4 Å². The Balaban J connectivity index is 0. The van der Waals surface area contributed by atoms with Crippen LogP contribution in [-0.2, 0) is 65.2 Å². The van der Waals surface area contributed by atoms with Gasteiger partial charge in [0.25, 0.3) is 0 Å². The molecule has 21 valence electrons. The molecule has 4 heteroatoms. The molecule has 0 amide bonds. The van der Waals surface area contributed by atoms with Gasteiger partial charge in [-0.25, -0.2) is 0 Å². The Labute approximate surface area is 81.3 Å². The monoisotopic (exact) mass is 269 g/mol. The van der Waals surface area contributed by atoms with Crippen LogP contribution in [0.25, 0.3) is 0 Å².